The highest BCUT2D eigenvalue weighted by Gasteiger charge is 2.23. The van der Waals surface area contributed by atoms with Gasteiger partial charge in [-0.15, -0.1) is 0 Å². The van der Waals surface area contributed by atoms with Crippen molar-refractivity contribution in [2.24, 2.45) is 0 Å². The molecule has 23 heavy (non-hydrogen) atoms. The highest BCUT2D eigenvalue weighted by Crippen LogP contribution is 2.28. The fourth-order valence-corrected chi connectivity index (χ4v) is 2.85. The maximum Gasteiger partial charge on any atom is 0.343 e. The van der Waals surface area contributed by atoms with E-state index in [1.54, 1.807) is 6.07 Å². The Kier molecular flexibility index (Phi) is 5.95. The summed E-state index contributed by atoms with van der Waals surface area (Å²) in [5, 5.41) is 2.58. The Morgan fingerprint density at radius 2 is 2.13 bits per heavy atom. The van der Waals surface area contributed by atoms with Crippen LogP contribution in [0.1, 0.15) is 12.5 Å². The van der Waals surface area contributed by atoms with Crippen molar-refractivity contribution in [2.45, 2.75) is 6.92 Å². The number of esters is 1. The second kappa shape index (κ2) is 7.94. The minimum absolute atomic E-state index is 0.159. The largest absolute Gasteiger partial charge is 0.481 e. The van der Waals surface area contributed by atoms with Gasteiger partial charge in [-0.25, -0.2) is 4.79 Å². The molecule has 1 amide bonds. The van der Waals surface area contributed by atoms with Gasteiger partial charge in [-0.2, -0.15) is 0 Å². The maximum atomic E-state index is 11.7. The second-order valence-corrected chi connectivity index (χ2v) is 6.28. The predicted molar refractivity (Wildman–Crippen MR) is 94.0 cm³/mol. The lowest BCUT2D eigenvalue weighted by atomic mass is 10.1. The molecular weight excluding hydrogens is 334 g/mol. The molecule has 1 aliphatic heterocycles. The number of carbonyl (C=O) groups excluding carboxylic acids is 2. The molecule has 1 fully saturated rings. The third-order valence-electron chi connectivity index (χ3n) is 2.98. The summed E-state index contributed by atoms with van der Waals surface area (Å²) in [6.45, 7) is 1.68. The smallest absolute Gasteiger partial charge is 0.343 e. The predicted octanol–water partition coefficient (Wildman–Crippen LogP) is 2.67. The van der Waals surface area contributed by atoms with Crippen LogP contribution in [0.25, 0.3) is 6.08 Å². The molecule has 0 aromatic heterocycles. The van der Waals surface area contributed by atoms with E-state index in [0.717, 1.165) is 11.1 Å². The number of carbonyl (C=O) groups is 2. The summed E-state index contributed by atoms with van der Waals surface area (Å²) in [4.78, 5) is 23.5. The minimum atomic E-state index is -0.449. The summed E-state index contributed by atoms with van der Waals surface area (Å²) in [6, 6.07) is 7.29. The first-order valence-corrected chi connectivity index (χ1v) is 7.94. The van der Waals surface area contributed by atoms with Gasteiger partial charge in [0.05, 0.1) is 12.0 Å². The fraction of sp³-hybridized carbons (Fsp3) is 0.188. The zero-order valence-electron chi connectivity index (χ0n) is 12.6. The molecule has 0 radical (unpaired) electrons. The Hall–Kier alpha value is -2.12. The van der Waals surface area contributed by atoms with E-state index in [0.29, 0.717) is 15.0 Å². The van der Waals surface area contributed by atoms with Crippen molar-refractivity contribution in [3.05, 3.63) is 46.4 Å². The molecule has 2 rings (SSSR count). The molecule has 0 unspecified atom stereocenters. The number of nitrogens with one attached hydrogen (secondary N) is 1. The maximum absolute atomic E-state index is 11.7. The van der Waals surface area contributed by atoms with Crippen LogP contribution >= 0.6 is 24.0 Å². The van der Waals surface area contributed by atoms with Gasteiger partial charge in [0.15, 0.2) is 6.61 Å². The van der Waals surface area contributed by atoms with Gasteiger partial charge in [-0.3, -0.25) is 4.79 Å². The van der Waals surface area contributed by atoms with Crippen LogP contribution in [-0.4, -0.2) is 29.9 Å². The Bertz CT molecular complexity index is 710. The average molecular weight is 349 g/mol. The number of thioether (sulfide) groups is 1. The molecule has 120 valence electrons. The number of allylic oxidation sites excluding steroid dienone is 2. The molecule has 7 heteroatoms. The highest BCUT2D eigenvalue weighted by atomic mass is 32.2. The molecule has 1 aliphatic rings. The molecule has 0 aliphatic carbocycles. The van der Waals surface area contributed by atoms with Gasteiger partial charge in [0, 0.05) is 5.56 Å². The molecule has 0 bridgehead atoms. The fourth-order valence-electron chi connectivity index (χ4n) is 1.81. The van der Waals surface area contributed by atoms with Gasteiger partial charge in [-0.05, 0) is 18.6 Å². The number of hydrogen-bond acceptors (Lipinski definition) is 6. The molecule has 1 saturated heterocycles. The van der Waals surface area contributed by atoms with Crippen molar-refractivity contribution >= 4 is 46.3 Å². The number of thiocarbonyl (C=S) groups is 1. The van der Waals surface area contributed by atoms with Crippen LogP contribution in [-0.2, 0) is 14.3 Å². The number of amides is 1. The first-order valence-electron chi connectivity index (χ1n) is 6.72. The van der Waals surface area contributed by atoms with Gasteiger partial charge in [-0.1, -0.05) is 54.3 Å². The van der Waals surface area contributed by atoms with E-state index in [1.165, 1.54) is 18.9 Å². The van der Waals surface area contributed by atoms with Crippen molar-refractivity contribution in [1.29, 1.82) is 0 Å². The van der Waals surface area contributed by atoms with E-state index in [4.69, 9.17) is 17.0 Å². The minimum Gasteiger partial charge on any atom is -0.481 e. The number of ether oxygens (including phenoxy) is 2. The topological polar surface area (TPSA) is 64.6 Å². The van der Waals surface area contributed by atoms with Crippen LogP contribution < -0.4 is 10.1 Å². The zero-order chi connectivity index (χ0) is 16.8. The standard InChI is InChI=1S/C16H15NO4S2/c1-10(14-15(19)17-16(22)23-14)7-8-11-5-3-4-6-12(11)21-9-13(18)20-2/h3-8H,9H2,1-2H3,(H,17,19,22). The third-order valence-corrected chi connectivity index (χ3v) is 4.33. The third kappa shape index (κ3) is 4.67. The van der Waals surface area contributed by atoms with Crippen molar-refractivity contribution in [2.75, 3.05) is 13.7 Å². The van der Waals surface area contributed by atoms with Crippen LogP contribution in [0.4, 0.5) is 0 Å². The number of hydrogen-bond donors (Lipinski definition) is 1. The number of rotatable bonds is 5. The van der Waals surface area contributed by atoms with E-state index in [1.807, 2.05) is 37.3 Å². The quantitative estimate of drug-likeness (QED) is 0.501. The molecule has 0 spiro atoms. The van der Waals surface area contributed by atoms with Crippen LogP contribution in [0, 0.1) is 0 Å². The van der Waals surface area contributed by atoms with Crippen LogP contribution in [0.2, 0.25) is 0 Å². The lowest BCUT2D eigenvalue weighted by Crippen LogP contribution is -2.18. The Labute approximate surface area is 143 Å². The second-order valence-electron chi connectivity index (χ2n) is 4.59. The number of para-hydroxylation sites is 1. The normalized spacial score (nSPS) is 16.4. The molecule has 0 saturated carbocycles. The lowest BCUT2D eigenvalue weighted by molar-refractivity contribution is -0.142. The molecule has 1 N–H and O–H groups in total. The number of methoxy groups -OCH3 is 1. The van der Waals surface area contributed by atoms with Crippen LogP contribution in [0.15, 0.2) is 40.8 Å². The number of benzene rings is 1. The van der Waals surface area contributed by atoms with Crippen molar-refractivity contribution in [3.63, 3.8) is 0 Å². The summed E-state index contributed by atoms with van der Waals surface area (Å²) < 4.78 is 10.4. The summed E-state index contributed by atoms with van der Waals surface area (Å²) >= 11 is 6.22. The monoisotopic (exact) mass is 349 g/mol. The van der Waals surface area contributed by atoms with E-state index in [-0.39, 0.29) is 12.5 Å². The van der Waals surface area contributed by atoms with Crippen LogP contribution in [0.3, 0.4) is 0 Å². The van der Waals surface area contributed by atoms with E-state index < -0.39 is 5.97 Å². The van der Waals surface area contributed by atoms with E-state index in [2.05, 4.69) is 10.1 Å². The Morgan fingerprint density at radius 1 is 1.39 bits per heavy atom. The lowest BCUT2D eigenvalue weighted by Gasteiger charge is -2.07. The molecule has 0 atom stereocenters. The summed E-state index contributed by atoms with van der Waals surface area (Å²) in [5.41, 5.74) is 1.59. The van der Waals surface area contributed by atoms with Crippen molar-refractivity contribution in [1.82, 2.24) is 5.32 Å². The summed E-state index contributed by atoms with van der Waals surface area (Å²) in [5.74, 6) is -0.0713. The first-order chi connectivity index (χ1) is 11.0. The van der Waals surface area contributed by atoms with Crippen molar-refractivity contribution < 1.29 is 19.1 Å². The summed E-state index contributed by atoms with van der Waals surface area (Å²) in [7, 11) is 1.31. The average Bonchev–Trinajstić information content (AvgIpc) is 2.89. The molecule has 1 aromatic rings. The van der Waals surface area contributed by atoms with E-state index >= 15 is 0 Å². The Balaban J connectivity index is 2.16. The molecule has 1 heterocycles. The SMILES string of the molecule is COC(=O)COc1ccccc1C=CC(C)=C1SC(=S)NC1=O. The molecular formula is C16H15NO4S2. The molecule has 1 aromatic carbocycles. The Morgan fingerprint density at radius 3 is 2.78 bits per heavy atom. The van der Waals surface area contributed by atoms with Gasteiger partial charge in [0.2, 0.25) is 0 Å². The van der Waals surface area contributed by atoms with Crippen molar-refractivity contribution in [3.8, 4) is 5.75 Å². The van der Waals surface area contributed by atoms with Gasteiger partial charge in [0.25, 0.3) is 5.91 Å². The first kappa shape index (κ1) is 17.2. The zero-order valence-corrected chi connectivity index (χ0v) is 14.3. The van der Waals surface area contributed by atoms with Crippen LogP contribution in [0.5, 0.6) is 5.75 Å². The highest BCUT2D eigenvalue weighted by molar-refractivity contribution is 8.26. The summed E-state index contributed by atoms with van der Waals surface area (Å²) in [6.07, 6.45) is 3.64. The van der Waals surface area contributed by atoms with Gasteiger partial charge in [0.1, 0.15) is 10.1 Å². The van der Waals surface area contributed by atoms with Gasteiger partial charge >= 0.3 is 5.97 Å². The molecule has 5 nitrogen and oxygen atoms in total. The van der Waals surface area contributed by atoms with E-state index in [9.17, 15) is 9.59 Å². The van der Waals surface area contributed by atoms with Gasteiger partial charge < -0.3 is 14.8 Å².